The molecule has 0 atom stereocenters. The SMILES string of the molecule is Cc1cc(C)cc(-c2nc(-c3ccc(-c4ccc(C#N)c(-c5cccc(-c6ccccc6-c6cc7ccccc7c7ccccc67)c5)c4)cc3)nc(-c3cc(C)cc(C)c3)n2)c1. The molecule has 0 amide bonds. The lowest BCUT2D eigenvalue weighted by molar-refractivity contribution is 1.07. The first-order valence-corrected chi connectivity index (χ1v) is 21.0. The van der Waals surface area contributed by atoms with Gasteiger partial charge in [-0.1, -0.05) is 156 Å². The largest absolute Gasteiger partial charge is 0.208 e. The molecule has 0 spiro atoms. The first-order chi connectivity index (χ1) is 30.3. The predicted octanol–water partition coefficient (Wildman–Crippen LogP) is 15.0. The van der Waals surface area contributed by atoms with Crippen molar-refractivity contribution < 1.29 is 0 Å². The zero-order valence-electron chi connectivity index (χ0n) is 35.1. The van der Waals surface area contributed by atoms with Gasteiger partial charge in [0.25, 0.3) is 0 Å². The normalized spacial score (nSPS) is 11.2. The van der Waals surface area contributed by atoms with Crippen LogP contribution in [0.25, 0.3) is 100 Å². The van der Waals surface area contributed by atoms with E-state index in [2.05, 4.69) is 204 Å². The van der Waals surface area contributed by atoms with Gasteiger partial charge in [-0.2, -0.15) is 5.26 Å². The lowest BCUT2D eigenvalue weighted by Crippen LogP contribution is -2.01. The summed E-state index contributed by atoms with van der Waals surface area (Å²) in [6.07, 6.45) is 0. The maximum atomic E-state index is 10.4. The number of hydrogen-bond donors (Lipinski definition) is 0. The molecule has 0 unspecified atom stereocenters. The molecular weight excluding hydrogens is 753 g/mol. The lowest BCUT2D eigenvalue weighted by Gasteiger charge is -2.16. The van der Waals surface area contributed by atoms with E-state index in [-0.39, 0.29) is 0 Å². The topological polar surface area (TPSA) is 62.5 Å². The van der Waals surface area contributed by atoms with E-state index in [1.54, 1.807) is 0 Å². The number of rotatable bonds is 7. The van der Waals surface area contributed by atoms with Crippen LogP contribution in [0.5, 0.6) is 0 Å². The molecule has 0 fully saturated rings. The summed E-state index contributed by atoms with van der Waals surface area (Å²) in [5.41, 5.74) is 16.6. The van der Waals surface area contributed by atoms with E-state index in [1.807, 2.05) is 12.1 Å². The molecule has 1 aromatic heterocycles. The molecule has 0 N–H and O–H groups in total. The van der Waals surface area contributed by atoms with E-state index in [9.17, 15) is 5.26 Å². The average molecular weight is 795 g/mol. The van der Waals surface area contributed by atoms with Crippen molar-refractivity contribution in [2.24, 2.45) is 0 Å². The molecule has 0 aliphatic heterocycles. The van der Waals surface area contributed by atoms with Gasteiger partial charge >= 0.3 is 0 Å². The standard InChI is InChI=1S/C58H42N4/c1-36-26-37(2)29-47(28-36)57-60-56(61-58(62-57)48-30-38(3)27-39(4)31-48)41-22-20-40(21-23-41)42-24-25-46(35-59)54(33-42)44-14-11-13-43(32-44)49-16-7-8-18-52(49)55-34-45-12-5-6-15-50(45)51-17-9-10-19-53(51)55/h5-34H,1-4H3. The zero-order valence-corrected chi connectivity index (χ0v) is 35.1. The lowest BCUT2D eigenvalue weighted by atomic mass is 9.88. The van der Waals surface area contributed by atoms with Crippen molar-refractivity contribution in [1.29, 1.82) is 5.26 Å². The van der Waals surface area contributed by atoms with Gasteiger partial charge in [0.05, 0.1) is 11.6 Å². The predicted molar refractivity (Wildman–Crippen MR) is 257 cm³/mol. The van der Waals surface area contributed by atoms with Gasteiger partial charge in [0.1, 0.15) is 0 Å². The molecule has 10 rings (SSSR count). The minimum atomic E-state index is 0.615. The van der Waals surface area contributed by atoms with Gasteiger partial charge in [0.2, 0.25) is 0 Å². The second-order valence-corrected chi connectivity index (χ2v) is 16.3. The van der Waals surface area contributed by atoms with Crippen LogP contribution in [0.15, 0.2) is 182 Å². The molecule has 4 nitrogen and oxygen atoms in total. The van der Waals surface area contributed by atoms with Crippen molar-refractivity contribution in [2.75, 3.05) is 0 Å². The number of aromatic nitrogens is 3. The molecule has 0 saturated heterocycles. The van der Waals surface area contributed by atoms with Crippen molar-refractivity contribution in [2.45, 2.75) is 27.7 Å². The third-order valence-electron chi connectivity index (χ3n) is 11.7. The Labute approximate surface area is 362 Å². The molecule has 0 bridgehead atoms. The van der Waals surface area contributed by atoms with E-state index < -0.39 is 0 Å². The first kappa shape index (κ1) is 38.2. The molecular formula is C58H42N4. The van der Waals surface area contributed by atoms with Crippen LogP contribution in [-0.2, 0) is 0 Å². The molecule has 0 aliphatic carbocycles. The van der Waals surface area contributed by atoms with Crippen molar-refractivity contribution in [3.8, 4) is 84.7 Å². The fourth-order valence-corrected chi connectivity index (χ4v) is 8.94. The van der Waals surface area contributed by atoms with Crippen molar-refractivity contribution in [3.05, 3.63) is 210 Å². The smallest absolute Gasteiger partial charge is 0.164 e. The second-order valence-electron chi connectivity index (χ2n) is 16.3. The highest BCUT2D eigenvalue weighted by Gasteiger charge is 2.17. The Morgan fingerprint density at radius 3 is 1.45 bits per heavy atom. The van der Waals surface area contributed by atoms with E-state index in [4.69, 9.17) is 15.0 Å². The molecule has 1 heterocycles. The Hall–Kier alpha value is -8.00. The number of fused-ring (bicyclic) bond motifs is 3. The maximum Gasteiger partial charge on any atom is 0.164 e. The number of nitriles is 1. The van der Waals surface area contributed by atoms with Crippen molar-refractivity contribution in [3.63, 3.8) is 0 Å². The van der Waals surface area contributed by atoms with Crippen molar-refractivity contribution in [1.82, 2.24) is 15.0 Å². The molecule has 9 aromatic carbocycles. The highest BCUT2D eigenvalue weighted by atomic mass is 15.0. The van der Waals surface area contributed by atoms with E-state index in [1.165, 1.54) is 32.7 Å². The summed E-state index contributed by atoms with van der Waals surface area (Å²) < 4.78 is 0. The molecule has 62 heavy (non-hydrogen) atoms. The highest BCUT2D eigenvalue weighted by molar-refractivity contribution is 6.14. The molecule has 4 heteroatoms. The average Bonchev–Trinajstić information content (AvgIpc) is 3.30. The fourth-order valence-electron chi connectivity index (χ4n) is 8.94. The van der Waals surface area contributed by atoms with Gasteiger partial charge in [-0.05, 0) is 137 Å². The van der Waals surface area contributed by atoms with Gasteiger partial charge in [0.15, 0.2) is 17.5 Å². The Balaban J connectivity index is 1.02. The van der Waals surface area contributed by atoms with E-state index in [0.717, 1.165) is 72.3 Å². The summed E-state index contributed by atoms with van der Waals surface area (Å²) >= 11 is 0. The van der Waals surface area contributed by atoms with Gasteiger partial charge in [-0.15, -0.1) is 0 Å². The quantitative estimate of drug-likeness (QED) is 0.151. The molecule has 0 saturated carbocycles. The monoisotopic (exact) mass is 794 g/mol. The Morgan fingerprint density at radius 2 is 0.823 bits per heavy atom. The van der Waals surface area contributed by atoms with Crippen LogP contribution in [0.1, 0.15) is 27.8 Å². The third kappa shape index (κ3) is 7.31. The van der Waals surface area contributed by atoms with Crippen LogP contribution < -0.4 is 0 Å². The summed E-state index contributed by atoms with van der Waals surface area (Å²) in [5, 5.41) is 15.3. The Morgan fingerprint density at radius 1 is 0.323 bits per heavy atom. The highest BCUT2D eigenvalue weighted by Crippen LogP contribution is 2.41. The summed E-state index contributed by atoms with van der Waals surface area (Å²) in [6, 6.07) is 66.6. The summed E-state index contributed by atoms with van der Waals surface area (Å²) in [7, 11) is 0. The zero-order chi connectivity index (χ0) is 42.3. The van der Waals surface area contributed by atoms with Crippen LogP contribution in [-0.4, -0.2) is 15.0 Å². The van der Waals surface area contributed by atoms with Crippen LogP contribution in [0, 0.1) is 39.0 Å². The van der Waals surface area contributed by atoms with Gasteiger partial charge < -0.3 is 0 Å². The fraction of sp³-hybridized carbons (Fsp3) is 0.0690. The Bertz CT molecular complexity index is 3300. The second kappa shape index (κ2) is 15.9. The number of nitrogens with zero attached hydrogens (tertiary/aromatic N) is 4. The molecule has 294 valence electrons. The molecule has 0 aliphatic rings. The Kier molecular flexibility index (Phi) is 9.79. The first-order valence-electron chi connectivity index (χ1n) is 21.0. The van der Waals surface area contributed by atoms with Crippen molar-refractivity contribution >= 4 is 21.5 Å². The molecule has 10 aromatic rings. The summed E-state index contributed by atoms with van der Waals surface area (Å²) in [5.74, 6) is 1.91. The maximum absolute atomic E-state index is 10.4. The van der Waals surface area contributed by atoms with E-state index >= 15 is 0 Å². The molecule has 0 radical (unpaired) electrons. The van der Waals surface area contributed by atoms with Crippen LogP contribution in [0.2, 0.25) is 0 Å². The summed E-state index contributed by atoms with van der Waals surface area (Å²) in [6.45, 7) is 8.39. The van der Waals surface area contributed by atoms with E-state index in [0.29, 0.717) is 23.0 Å². The van der Waals surface area contributed by atoms with Gasteiger partial charge in [-0.3, -0.25) is 0 Å². The number of benzene rings is 9. The van der Waals surface area contributed by atoms with Crippen LogP contribution in [0.3, 0.4) is 0 Å². The van der Waals surface area contributed by atoms with Crippen LogP contribution in [0.4, 0.5) is 0 Å². The third-order valence-corrected chi connectivity index (χ3v) is 11.7. The number of hydrogen-bond acceptors (Lipinski definition) is 4. The minimum Gasteiger partial charge on any atom is -0.208 e. The minimum absolute atomic E-state index is 0.615. The van der Waals surface area contributed by atoms with Crippen LogP contribution >= 0.6 is 0 Å². The van der Waals surface area contributed by atoms with Gasteiger partial charge in [0, 0.05) is 22.3 Å². The van der Waals surface area contributed by atoms with Gasteiger partial charge in [-0.25, -0.2) is 15.0 Å². The summed E-state index contributed by atoms with van der Waals surface area (Å²) in [4.78, 5) is 15.1. The number of aryl methyl sites for hydroxylation is 4.